The number of rotatable bonds is 12. The van der Waals surface area contributed by atoms with Gasteiger partial charge in [0.05, 0.1) is 45.0 Å². The summed E-state index contributed by atoms with van der Waals surface area (Å²) in [6, 6.07) is 31.1. The highest BCUT2D eigenvalue weighted by atomic mass is 28.3. The Bertz CT molecular complexity index is 3450. The Kier molecular flexibility index (Phi) is 17.6. The van der Waals surface area contributed by atoms with Crippen molar-refractivity contribution < 1.29 is 19.2 Å². The highest BCUT2D eigenvalue weighted by Crippen LogP contribution is 2.49. The number of nitrogens with one attached hydrogen (secondary N) is 2. The van der Waals surface area contributed by atoms with Crippen LogP contribution in [0.3, 0.4) is 0 Å². The molecule has 2 N–H and O–H groups in total. The molecule has 2 aliphatic heterocycles. The standard InChI is InChI=1S/C76H96N4O4Si2/c1-45(2)85(46(3)4,47(5)6)35-33-51-25-29-59(30-26-51)79-69(81)61-43-64(78-58-41-55(75(19,20)21)38-56(42-58)76(22,23)24)68-66-62(44-63(67(65(61)66)71(79)83)77-57-39-53(73(13,14)15)37-54(40-57)74(16,17)18)70(82)80(72(68)84)60-31-27-52(28-32-60)34-36-86(48(7)8,49(9)10)50(11)12/h25-32,37-50,77-78H,1-24H3. The van der Waals surface area contributed by atoms with Gasteiger partial charge in [-0.15, -0.1) is 11.1 Å². The lowest BCUT2D eigenvalue weighted by Gasteiger charge is -2.38. The molecule has 2 aliphatic rings. The molecule has 0 saturated carbocycles. The molecule has 0 aliphatic carbocycles. The fourth-order valence-electron chi connectivity index (χ4n) is 13.8. The van der Waals surface area contributed by atoms with Gasteiger partial charge in [0.15, 0.2) is 0 Å². The van der Waals surface area contributed by atoms with Crippen molar-refractivity contribution in [2.24, 2.45) is 0 Å². The average molecular weight is 1190 g/mol. The fourth-order valence-corrected chi connectivity index (χ4v) is 24.2. The zero-order valence-corrected chi connectivity index (χ0v) is 58.2. The summed E-state index contributed by atoms with van der Waals surface area (Å²) in [5.74, 6) is 4.77. The Labute approximate surface area is 518 Å². The van der Waals surface area contributed by atoms with Crippen molar-refractivity contribution in [2.45, 2.75) is 221 Å². The van der Waals surface area contributed by atoms with Gasteiger partial charge in [-0.1, -0.05) is 190 Å². The van der Waals surface area contributed by atoms with Gasteiger partial charge in [0.2, 0.25) is 0 Å². The summed E-state index contributed by atoms with van der Waals surface area (Å²) in [6.07, 6.45) is 0. The summed E-state index contributed by atoms with van der Waals surface area (Å²) in [4.78, 5) is 66.0. The van der Waals surface area contributed by atoms with Crippen LogP contribution in [0.25, 0.3) is 10.8 Å². The van der Waals surface area contributed by atoms with Crippen LogP contribution in [0.4, 0.5) is 34.1 Å². The van der Waals surface area contributed by atoms with E-state index in [1.807, 2.05) is 24.3 Å². The van der Waals surface area contributed by atoms with Crippen LogP contribution in [-0.4, -0.2) is 39.8 Å². The third-order valence-corrected chi connectivity index (χ3v) is 31.4. The van der Waals surface area contributed by atoms with Crippen molar-refractivity contribution in [3.05, 3.63) is 153 Å². The Morgan fingerprint density at radius 3 is 0.849 bits per heavy atom. The van der Waals surface area contributed by atoms with Gasteiger partial charge in [-0.3, -0.25) is 19.2 Å². The Balaban J connectivity index is 1.42. The van der Waals surface area contributed by atoms with Crippen LogP contribution in [-0.2, 0) is 21.7 Å². The van der Waals surface area contributed by atoms with Crippen molar-refractivity contribution in [3.63, 3.8) is 0 Å². The first-order chi connectivity index (χ1) is 39.7. The monoisotopic (exact) mass is 1180 g/mol. The third-order valence-electron chi connectivity index (χ3n) is 18.8. The van der Waals surface area contributed by atoms with Crippen molar-refractivity contribution in [1.82, 2.24) is 0 Å². The van der Waals surface area contributed by atoms with E-state index in [4.69, 9.17) is 0 Å². The molecule has 8 nitrogen and oxygen atoms in total. The molecule has 0 atom stereocenters. The van der Waals surface area contributed by atoms with E-state index in [9.17, 15) is 0 Å². The molecule has 0 aromatic heterocycles. The summed E-state index contributed by atoms with van der Waals surface area (Å²) >= 11 is 0. The number of amides is 4. The molecule has 452 valence electrons. The maximum Gasteiger partial charge on any atom is 0.268 e. The van der Waals surface area contributed by atoms with Gasteiger partial charge in [-0.2, -0.15) is 0 Å². The topological polar surface area (TPSA) is 98.8 Å². The lowest BCUT2D eigenvalue weighted by Crippen LogP contribution is -2.44. The van der Waals surface area contributed by atoms with Crippen molar-refractivity contribution in [2.75, 3.05) is 20.4 Å². The van der Waals surface area contributed by atoms with Gasteiger partial charge >= 0.3 is 0 Å². The minimum atomic E-state index is -2.08. The molecule has 0 radical (unpaired) electrons. The second-order valence-electron chi connectivity index (χ2n) is 30.6. The molecule has 0 saturated heterocycles. The molecule has 0 fully saturated rings. The molecular formula is C76H96N4O4Si2. The molecule has 86 heavy (non-hydrogen) atoms. The van der Waals surface area contributed by atoms with Gasteiger partial charge in [0, 0.05) is 33.3 Å². The van der Waals surface area contributed by atoms with E-state index in [0.717, 1.165) is 33.4 Å². The molecule has 6 aromatic rings. The Morgan fingerprint density at radius 2 is 0.616 bits per heavy atom. The van der Waals surface area contributed by atoms with E-state index in [2.05, 4.69) is 236 Å². The fraction of sp³-hybridized carbons (Fsp3) is 0.447. The van der Waals surface area contributed by atoms with E-state index < -0.39 is 39.8 Å². The lowest BCUT2D eigenvalue weighted by molar-refractivity contribution is 0.0873. The van der Waals surface area contributed by atoms with E-state index >= 15 is 19.2 Å². The molecule has 6 aromatic carbocycles. The van der Waals surface area contributed by atoms with Gasteiger partial charge in [0.1, 0.15) is 16.1 Å². The molecule has 8 rings (SSSR count). The Morgan fingerprint density at radius 1 is 0.360 bits per heavy atom. The summed E-state index contributed by atoms with van der Waals surface area (Å²) in [5, 5.41) is 7.87. The van der Waals surface area contributed by atoms with Crippen molar-refractivity contribution in [3.8, 4) is 22.9 Å². The van der Waals surface area contributed by atoms with Gasteiger partial charge in [-0.25, -0.2) is 9.80 Å². The van der Waals surface area contributed by atoms with Crippen molar-refractivity contribution >= 4 is 84.7 Å². The van der Waals surface area contributed by atoms with E-state index in [1.165, 1.54) is 9.80 Å². The molecular weight excluding hydrogens is 1090 g/mol. The number of benzene rings is 6. The highest BCUT2D eigenvalue weighted by Gasteiger charge is 2.46. The zero-order valence-electron chi connectivity index (χ0n) is 56.2. The van der Waals surface area contributed by atoms with E-state index in [-0.39, 0.29) is 54.7 Å². The van der Waals surface area contributed by atoms with Crippen molar-refractivity contribution in [1.29, 1.82) is 0 Å². The van der Waals surface area contributed by atoms with Crippen LogP contribution < -0.4 is 20.4 Å². The van der Waals surface area contributed by atoms with Crippen LogP contribution in [0.15, 0.2) is 97.1 Å². The number of hydrogen-bond donors (Lipinski definition) is 2. The van der Waals surface area contributed by atoms with E-state index in [1.54, 1.807) is 36.4 Å². The summed E-state index contributed by atoms with van der Waals surface area (Å²) in [7, 11) is -4.16. The number of imide groups is 2. The summed E-state index contributed by atoms with van der Waals surface area (Å²) < 4.78 is 0. The predicted octanol–water partition coefficient (Wildman–Crippen LogP) is 20.3. The normalized spacial score (nSPS) is 14.3. The second kappa shape index (κ2) is 23.3. The van der Waals surface area contributed by atoms with E-state index in [0.29, 0.717) is 67.4 Å². The number of carbonyl (C=O) groups is 4. The average Bonchev–Trinajstić information content (AvgIpc) is 0.705. The first kappa shape index (κ1) is 65.0. The second-order valence-corrected chi connectivity index (χ2v) is 41.7. The van der Waals surface area contributed by atoms with Crippen LogP contribution in [0.2, 0.25) is 33.2 Å². The third kappa shape index (κ3) is 11.9. The number of nitrogens with zero attached hydrogens (tertiary/aromatic N) is 2. The van der Waals surface area contributed by atoms with Crippen LogP contribution in [0.5, 0.6) is 0 Å². The van der Waals surface area contributed by atoms with Gasteiger partial charge < -0.3 is 10.6 Å². The molecule has 0 bridgehead atoms. The first-order valence-corrected chi connectivity index (χ1v) is 35.8. The molecule has 0 spiro atoms. The van der Waals surface area contributed by atoms with Crippen LogP contribution in [0, 0.1) is 22.9 Å². The van der Waals surface area contributed by atoms with Gasteiger partial charge in [0.25, 0.3) is 23.6 Å². The Hall–Kier alpha value is -6.99. The lowest BCUT2D eigenvalue weighted by atomic mass is 9.80. The van der Waals surface area contributed by atoms with Crippen LogP contribution in [0.1, 0.15) is 241 Å². The molecule has 10 heteroatoms. The quantitative estimate of drug-likeness (QED) is 0.0720. The largest absolute Gasteiger partial charge is 0.355 e. The minimum Gasteiger partial charge on any atom is -0.355 e. The first-order valence-electron chi connectivity index (χ1n) is 31.3. The summed E-state index contributed by atoms with van der Waals surface area (Å²) in [6.45, 7) is 53.6. The highest BCUT2D eigenvalue weighted by molar-refractivity contribution is 6.91. The molecule has 0 unspecified atom stereocenters. The molecule has 2 heterocycles. The smallest absolute Gasteiger partial charge is 0.268 e. The maximum absolute atomic E-state index is 16.0. The minimum absolute atomic E-state index is 0.179. The number of hydrogen-bond acceptors (Lipinski definition) is 6. The van der Waals surface area contributed by atoms with Gasteiger partial charge in [-0.05, 0) is 162 Å². The molecule has 4 amide bonds. The van der Waals surface area contributed by atoms with Crippen LogP contribution >= 0.6 is 0 Å². The summed E-state index contributed by atoms with van der Waals surface area (Å²) in [5.41, 5.74) is 18.8. The predicted molar refractivity (Wildman–Crippen MR) is 369 cm³/mol. The SMILES string of the molecule is CC(C)[Si](C#Cc1ccc(N2C(=O)c3cc(Nc4cc(C(C)(C)C)cc(C(C)(C)C)c4)c4c5c(cc(Nc6cc(C(C)(C)C)cc(C(C)(C)C)c6)c(c35)C2=O)C(=O)N(c2ccc(C#C[Si](C(C)C)(C(C)C)C(C)C)cc2)C4=O)cc1)(C(C)C)C(C)C. The zero-order chi connectivity index (χ0) is 63.9. The maximum atomic E-state index is 16.0. The number of anilines is 6. The number of carbonyl (C=O) groups excluding carboxylic acids is 4.